The quantitative estimate of drug-likeness (QED) is 0.816. The Hall–Kier alpha value is -2.84. The van der Waals surface area contributed by atoms with Gasteiger partial charge in [-0.3, -0.25) is 4.79 Å². The third-order valence-corrected chi connectivity index (χ3v) is 5.79. The zero-order valence-corrected chi connectivity index (χ0v) is 16.7. The molecule has 2 aromatic rings. The van der Waals surface area contributed by atoms with E-state index in [0.29, 0.717) is 23.7 Å². The van der Waals surface area contributed by atoms with E-state index < -0.39 is 11.7 Å². The topological polar surface area (TPSA) is 61.4 Å². The van der Waals surface area contributed by atoms with Crippen molar-refractivity contribution < 1.29 is 18.0 Å². The summed E-state index contributed by atoms with van der Waals surface area (Å²) < 4.78 is 39.0. The number of hydrogen-bond acceptors (Lipinski definition) is 5. The van der Waals surface area contributed by atoms with Gasteiger partial charge < -0.3 is 15.1 Å². The first-order valence-corrected chi connectivity index (χ1v) is 10.1. The van der Waals surface area contributed by atoms with Crippen LogP contribution in [-0.2, 0) is 24.1 Å². The van der Waals surface area contributed by atoms with Gasteiger partial charge in [0.05, 0.1) is 24.2 Å². The molecule has 0 unspecified atom stereocenters. The lowest BCUT2D eigenvalue weighted by atomic mass is 10.1. The number of carbonyl (C=O) groups is 1. The van der Waals surface area contributed by atoms with Crippen molar-refractivity contribution in [2.45, 2.75) is 51.0 Å². The zero-order valence-electron chi connectivity index (χ0n) is 16.7. The fraction of sp³-hybridized carbons (Fsp3) is 0.476. The lowest BCUT2D eigenvalue weighted by Gasteiger charge is -2.28. The molecule has 1 saturated carbocycles. The molecule has 0 bridgehead atoms. The minimum absolute atomic E-state index is 0.0613. The molecule has 2 heterocycles. The van der Waals surface area contributed by atoms with Gasteiger partial charge in [0.15, 0.2) is 0 Å². The Morgan fingerprint density at radius 2 is 1.93 bits per heavy atom. The summed E-state index contributed by atoms with van der Waals surface area (Å²) in [4.78, 5) is 25.2. The van der Waals surface area contributed by atoms with Crippen LogP contribution in [0.4, 0.5) is 24.8 Å². The van der Waals surface area contributed by atoms with Crippen LogP contribution in [0.15, 0.2) is 30.6 Å². The number of carbonyl (C=O) groups excluding carboxylic acids is 1. The van der Waals surface area contributed by atoms with Crippen molar-refractivity contribution in [1.82, 2.24) is 14.9 Å². The summed E-state index contributed by atoms with van der Waals surface area (Å²) in [5.41, 5.74) is 0.619. The van der Waals surface area contributed by atoms with E-state index in [1.165, 1.54) is 12.4 Å². The van der Waals surface area contributed by atoms with Crippen LogP contribution in [0, 0.1) is 0 Å². The summed E-state index contributed by atoms with van der Waals surface area (Å²) in [5.74, 6) is 1.28. The summed E-state index contributed by atoms with van der Waals surface area (Å²) in [7, 11) is 1.82. The van der Waals surface area contributed by atoms with E-state index in [0.717, 1.165) is 43.4 Å². The van der Waals surface area contributed by atoms with E-state index in [4.69, 9.17) is 0 Å². The van der Waals surface area contributed by atoms with Gasteiger partial charge in [-0.1, -0.05) is 25.0 Å². The molecule has 0 atom stereocenters. The number of fused-ring (bicyclic) bond motifs is 1. The third-order valence-electron chi connectivity index (χ3n) is 5.79. The van der Waals surface area contributed by atoms with Gasteiger partial charge in [0, 0.05) is 19.6 Å². The first-order chi connectivity index (χ1) is 14.3. The van der Waals surface area contributed by atoms with Crippen molar-refractivity contribution in [3.63, 3.8) is 0 Å². The number of benzene rings is 1. The van der Waals surface area contributed by atoms with Crippen LogP contribution in [0.2, 0.25) is 0 Å². The maximum absolute atomic E-state index is 13.0. The molecule has 1 aliphatic carbocycles. The number of hydrogen-bond donors (Lipinski definition) is 1. The second-order valence-corrected chi connectivity index (χ2v) is 7.89. The third kappa shape index (κ3) is 4.20. The Kier molecular flexibility index (Phi) is 5.53. The predicted octanol–water partition coefficient (Wildman–Crippen LogP) is 3.83. The van der Waals surface area contributed by atoms with Gasteiger partial charge in [0.25, 0.3) is 0 Å². The fourth-order valence-corrected chi connectivity index (χ4v) is 4.25. The average Bonchev–Trinajstić information content (AvgIpc) is 3.20. The van der Waals surface area contributed by atoms with Crippen molar-refractivity contribution in [1.29, 1.82) is 0 Å². The monoisotopic (exact) mass is 419 g/mol. The van der Waals surface area contributed by atoms with Crippen LogP contribution in [0.3, 0.4) is 0 Å². The minimum Gasteiger partial charge on any atom is -0.366 e. The zero-order chi connectivity index (χ0) is 21.3. The summed E-state index contributed by atoms with van der Waals surface area (Å²) in [6, 6.07) is 5.44. The molecule has 2 aliphatic rings. The summed E-state index contributed by atoms with van der Waals surface area (Å²) >= 11 is 0. The normalized spacial score (nSPS) is 17.8. The number of alkyl halides is 3. The Bertz CT molecular complexity index is 927. The second kappa shape index (κ2) is 8.12. The molecular formula is C21H24F3N5O. The van der Waals surface area contributed by atoms with Crippen LogP contribution in [0.25, 0.3) is 0 Å². The van der Waals surface area contributed by atoms with Gasteiger partial charge in [-0.15, -0.1) is 0 Å². The average molecular weight is 419 g/mol. The van der Waals surface area contributed by atoms with Gasteiger partial charge >= 0.3 is 6.18 Å². The number of nitrogens with zero attached hydrogens (tertiary/aromatic N) is 4. The van der Waals surface area contributed by atoms with E-state index in [9.17, 15) is 18.0 Å². The molecule has 1 N–H and O–H groups in total. The SMILES string of the molecule is CN1CC(=O)N(C2CCCC2)Cc2c(NCc3cccc(C(F)(F)F)c3)ncnc21. The number of aromatic nitrogens is 2. The van der Waals surface area contributed by atoms with Gasteiger partial charge in [-0.2, -0.15) is 13.2 Å². The van der Waals surface area contributed by atoms with Gasteiger partial charge in [-0.25, -0.2) is 9.97 Å². The molecule has 0 saturated heterocycles. The minimum atomic E-state index is -4.38. The number of anilines is 2. The van der Waals surface area contributed by atoms with Crippen molar-refractivity contribution >= 4 is 17.5 Å². The Morgan fingerprint density at radius 3 is 2.67 bits per heavy atom. The van der Waals surface area contributed by atoms with Crippen LogP contribution in [-0.4, -0.2) is 40.4 Å². The van der Waals surface area contributed by atoms with Gasteiger partial charge in [0.2, 0.25) is 5.91 Å². The maximum atomic E-state index is 13.0. The van der Waals surface area contributed by atoms with Gasteiger partial charge in [-0.05, 0) is 30.5 Å². The fourth-order valence-electron chi connectivity index (χ4n) is 4.25. The molecule has 1 fully saturated rings. The Labute approximate surface area is 173 Å². The smallest absolute Gasteiger partial charge is 0.366 e. The molecule has 1 aromatic carbocycles. The van der Waals surface area contributed by atoms with E-state index in [2.05, 4.69) is 15.3 Å². The van der Waals surface area contributed by atoms with Crippen LogP contribution < -0.4 is 10.2 Å². The highest BCUT2D eigenvalue weighted by atomic mass is 19.4. The number of nitrogens with one attached hydrogen (secondary N) is 1. The molecule has 30 heavy (non-hydrogen) atoms. The van der Waals surface area contributed by atoms with E-state index in [1.54, 1.807) is 6.07 Å². The second-order valence-electron chi connectivity index (χ2n) is 7.89. The number of rotatable bonds is 4. The van der Waals surface area contributed by atoms with E-state index in [1.807, 2.05) is 16.8 Å². The van der Waals surface area contributed by atoms with E-state index >= 15 is 0 Å². The number of likely N-dealkylation sites (N-methyl/N-ethyl adjacent to an activating group) is 1. The van der Waals surface area contributed by atoms with Crippen molar-refractivity contribution in [3.8, 4) is 0 Å². The van der Waals surface area contributed by atoms with Crippen molar-refractivity contribution in [3.05, 3.63) is 47.3 Å². The molecule has 0 radical (unpaired) electrons. The Balaban J connectivity index is 1.59. The lowest BCUT2D eigenvalue weighted by Crippen LogP contribution is -2.41. The van der Waals surface area contributed by atoms with E-state index in [-0.39, 0.29) is 25.0 Å². The molecular weight excluding hydrogens is 395 g/mol. The molecule has 1 aromatic heterocycles. The first kappa shape index (κ1) is 20.4. The van der Waals surface area contributed by atoms with Crippen LogP contribution in [0.1, 0.15) is 42.4 Å². The standard InChI is InChI=1S/C21H24F3N5O/c1-28-12-18(30)29(16-7-2-3-8-16)11-17-19(26-13-27-20(17)28)25-10-14-5-4-6-15(9-14)21(22,23)24/h4-6,9,13,16H,2-3,7-8,10-12H2,1H3,(H,25,26,27). The molecule has 6 nitrogen and oxygen atoms in total. The predicted molar refractivity (Wildman–Crippen MR) is 107 cm³/mol. The molecule has 1 aliphatic heterocycles. The van der Waals surface area contributed by atoms with Crippen molar-refractivity contribution in [2.24, 2.45) is 0 Å². The molecule has 9 heteroatoms. The number of halogens is 3. The highest BCUT2D eigenvalue weighted by Gasteiger charge is 2.33. The molecule has 1 amide bonds. The largest absolute Gasteiger partial charge is 0.416 e. The lowest BCUT2D eigenvalue weighted by molar-refractivity contribution is -0.137. The Morgan fingerprint density at radius 1 is 1.17 bits per heavy atom. The van der Waals surface area contributed by atoms with Crippen LogP contribution in [0.5, 0.6) is 0 Å². The molecule has 160 valence electrons. The maximum Gasteiger partial charge on any atom is 0.416 e. The highest BCUT2D eigenvalue weighted by molar-refractivity contribution is 5.84. The summed E-state index contributed by atoms with van der Waals surface area (Å²) in [6.45, 7) is 0.830. The first-order valence-electron chi connectivity index (χ1n) is 10.1. The van der Waals surface area contributed by atoms with Crippen molar-refractivity contribution in [2.75, 3.05) is 23.8 Å². The summed E-state index contributed by atoms with van der Waals surface area (Å²) in [5, 5.41) is 3.16. The van der Waals surface area contributed by atoms with Gasteiger partial charge in [0.1, 0.15) is 18.0 Å². The summed E-state index contributed by atoms with van der Waals surface area (Å²) in [6.07, 6.45) is 1.25. The highest BCUT2D eigenvalue weighted by Crippen LogP contribution is 2.33. The van der Waals surface area contributed by atoms with Crippen LogP contribution >= 0.6 is 0 Å². The molecule has 0 spiro atoms. The molecule has 4 rings (SSSR count). The number of amides is 1.